The highest BCUT2D eigenvalue weighted by Gasteiger charge is 2.22. The molecule has 0 bridgehead atoms. The van der Waals surface area contributed by atoms with Crippen molar-refractivity contribution in [1.82, 2.24) is 14.6 Å². The van der Waals surface area contributed by atoms with Crippen molar-refractivity contribution in [3.63, 3.8) is 0 Å². The van der Waals surface area contributed by atoms with Crippen LogP contribution in [0.2, 0.25) is 0 Å². The topological polar surface area (TPSA) is 71.5 Å². The maximum atomic E-state index is 12.4. The minimum atomic E-state index is -3.47. The molecule has 2 aromatic rings. The molecule has 0 atom stereocenters. The van der Waals surface area contributed by atoms with Gasteiger partial charge in [0.05, 0.1) is 12.0 Å². The van der Waals surface area contributed by atoms with Gasteiger partial charge in [-0.25, -0.2) is 13.1 Å². The Morgan fingerprint density at radius 1 is 1.19 bits per heavy atom. The predicted octanol–water partition coefficient (Wildman–Crippen LogP) is 2.28. The SMILES string of the molecule is COc1ccc(S(=O)(=O)NCC2CCN(Cc3cccnc3)CC2)cc1. The highest BCUT2D eigenvalue weighted by atomic mass is 32.2. The Morgan fingerprint density at radius 2 is 1.92 bits per heavy atom. The molecule has 0 saturated carbocycles. The van der Waals surface area contributed by atoms with Gasteiger partial charge in [0.25, 0.3) is 0 Å². The molecular weight excluding hydrogens is 350 g/mol. The van der Waals surface area contributed by atoms with E-state index in [1.54, 1.807) is 37.6 Å². The lowest BCUT2D eigenvalue weighted by atomic mass is 9.97. The zero-order valence-corrected chi connectivity index (χ0v) is 15.8. The van der Waals surface area contributed by atoms with Crippen LogP contribution in [0.15, 0.2) is 53.7 Å². The van der Waals surface area contributed by atoms with E-state index in [9.17, 15) is 8.42 Å². The fourth-order valence-corrected chi connectivity index (χ4v) is 4.28. The molecule has 0 spiro atoms. The van der Waals surface area contributed by atoms with Crippen molar-refractivity contribution < 1.29 is 13.2 Å². The Balaban J connectivity index is 1.47. The van der Waals surface area contributed by atoms with E-state index in [2.05, 4.69) is 20.7 Å². The Bertz CT molecular complexity index is 787. The second-order valence-electron chi connectivity index (χ2n) is 6.61. The van der Waals surface area contributed by atoms with E-state index in [0.29, 0.717) is 18.2 Å². The van der Waals surface area contributed by atoms with E-state index in [4.69, 9.17) is 4.74 Å². The Hall–Kier alpha value is -1.96. The summed E-state index contributed by atoms with van der Waals surface area (Å²) in [4.78, 5) is 6.82. The number of pyridine rings is 1. The number of benzene rings is 1. The molecule has 1 fully saturated rings. The summed E-state index contributed by atoms with van der Waals surface area (Å²) in [6.07, 6.45) is 5.66. The number of hydrogen-bond acceptors (Lipinski definition) is 5. The molecule has 2 heterocycles. The summed E-state index contributed by atoms with van der Waals surface area (Å²) in [7, 11) is -1.92. The number of hydrogen-bond donors (Lipinski definition) is 1. The number of piperidine rings is 1. The predicted molar refractivity (Wildman–Crippen MR) is 100 cm³/mol. The fourth-order valence-electron chi connectivity index (χ4n) is 3.16. The van der Waals surface area contributed by atoms with Crippen LogP contribution < -0.4 is 9.46 Å². The quantitative estimate of drug-likeness (QED) is 0.804. The van der Waals surface area contributed by atoms with E-state index < -0.39 is 10.0 Å². The van der Waals surface area contributed by atoms with Crippen molar-refractivity contribution >= 4 is 10.0 Å². The summed E-state index contributed by atoms with van der Waals surface area (Å²) < 4.78 is 32.6. The average molecular weight is 375 g/mol. The van der Waals surface area contributed by atoms with E-state index in [0.717, 1.165) is 32.5 Å². The van der Waals surface area contributed by atoms with Crippen LogP contribution in [0.5, 0.6) is 5.75 Å². The highest BCUT2D eigenvalue weighted by Crippen LogP contribution is 2.20. The van der Waals surface area contributed by atoms with E-state index in [-0.39, 0.29) is 4.90 Å². The standard InChI is InChI=1S/C19H25N3O3S/c1-25-18-4-6-19(7-5-18)26(23,24)21-14-16-8-11-22(12-9-16)15-17-3-2-10-20-13-17/h2-7,10,13,16,21H,8-9,11-12,14-15H2,1H3. The third-order valence-corrected chi connectivity index (χ3v) is 6.21. The molecule has 1 saturated heterocycles. The summed E-state index contributed by atoms with van der Waals surface area (Å²) in [6.45, 7) is 3.33. The van der Waals surface area contributed by atoms with Crippen molar-refractivity contribution in [2.45, 2.75) is 24.3 Å². The number of ether oxygens (including phenoxy) is 1. The van der Waals surface area contributed by atoms with E-state index >= 15 is 0 Å². The molecule has 3 rings (SSSR count). The third-order valence-electron chi connectivity index (χ3n) is 4.77. The molecule has 7 heteroatoms. The van der Waals surface area contributed by atoms with Crippen LogP contribution in [-0.2, 0) is 16.6 Å². The summed E-state index contributed by atoms with van der Waals surface area (Å²) >= 11 is 0. The average Bonchev–Trinajstić information content (AvgIpc) is 2.68. The largest absolute Gasteiger partial charge is 0.497 e. The molecule has 0 radical (unpaired) electrons. The van der Waals surface area contributed by atoms with Crippen molar-refractivity contribution in [3.8, 4) is 5.75 Å². The summed E-state index contributed by atoms with van der Waals surface area (Å²) in [5, 5.41) is 0. The van der Waals surface area contributed by atoms with Crippen molar-refractivity contribution in [2.24, 2.45) is 5.92 Å². The van der Waals surface area contributed by atoms with Crippen LogP contribution in [-0.4, -0.2) is 45.0 Å². The molecule has 0 amide bonds. The molecule has 0 unspecified atom stereocenters. The normalized spacial score (nSPS) is 16.5. The lowest BCUT2D eigenvalue weighted by Gasteiger charge is -2.31. The van der Waals surface area contributed by atoms with Gasteiger partial charge < -0.3 is 4.74 Å². The lowest BCUT2D eigenvalue weighted by molar-refractivity contribution is 0.178. The number of aromatic nitrogens is 1. The maximum Gasteiger partial charge on any atom is 0.240 e. The zero-order valence-electron chi connectivity index (χ0n) is 15.0. The lowest BCUT2D eigenvalue weighted by Crippen LogP contribution is -2.38. The van der Waals surface area contributed by atoms with Gasteiger partial charge in [-0.05, 0) is 67.7 Å². The Morgan fingerprint density at radius 3 is 2.54 bits per heavy atom. The maximum absolute atomic E-state index is 12.4. The molecule has 26 heavy (non-hydrogen) atoms. The van der Waals surface area contributed by atoms with Gasteiger partial charge in [-0.2, -0.15) is 0 Å². The number of sulfonamides is 1. The van der Waals surface area contributed by atoms with E-state index in [1.165, 1.54) is 5.56 Å². The van der Waals surface area contributed by atoms with Crippen molar-refractivity contribution in [1.29, 1.82) is 0 Å². The van der Waals surface area contributed by atoms with E-state index in [1.807, 2.05) is 12.3 Å². The molecule has 6 nitrogen and oxygen atoms in total. The number of rotatable bonds is 7. The van der Waals surface area contributed by atoms with Gasteiger partial charge in [0, 0.05) is 25.5 Å². The van der Waals surface area contributed by atoms with Crippen LogP contribution in [0.1, 0.15) is 18.4 Å². The molecule has 0 aliphatic carbocycles. The van der Waals surface area contributed by atoms with Gasteiger partial charge in [0.1, 0.15) is 5.75 Å². The van der Waals surface area contributed by atoms with Gasteiger partial charge in [-0.1, -0.05) is 6.07 Å². The second-order valence-corrected chi connectivity index (χ2v) is 8.38. The van der Waals surface area contributed by atoms with Gasteiger partial charge in [-0.15, -0.1) is 0 Å². The third kappa shape index (κ3) is 5.03. The van der Waals surface area contributed by atoms with Crippen molar-refractivity contribution in [2.75, 3.05) is 26.7 Å². The minimum absolute atomic E-state index is 0.271. The van der Waals surface area contributed by atoms with Gasteiger partial charge in [0.15, 0.2) is 0 Å². The zero-order chi connectivity index (χ0) is 18.4. The number of nitrogens with zero attached hydrogens (tertiary/aromatic N) is 2. The van der Waals surface area contributed by atoms with Gasteiger partial charge >= 0.3 is 0 Å². The number of methoxy groups -OCH3 is 1. The van der Waals surface area contributed by atoms with Crippen LogP contribution in [0.25, 0.3) is 0 Å². The van der Waals surface area contributed by atoms with Crippen LogP contribution in [0.3, 0.4) is 0 Å². The first-order valence-electron chi connectivity index (χ1n) is 8.82. The molecule has 1 aliphatic heterocycles. The molecule has 1 aromatic heterocycles. The molecular formula is C19H25N3O3S. The summed E-state index contributed by atoms with van der Waals surface area (Å²) in [5.74, 6) is 1.01. The smallest absolute Gasteiger partial charge is 0.240 e. The van der Waals surface area contributed by atoms with Crippen molar-refractivity contribution in [3.05, 3.63) is 54.4 Å². The Kier molecular flexibility index (Phi) is 6.24. The number of likely N-dealkylation sites (tertiary alicyclic amines) is 1. The van der Waals surface area contributed by atoms with Gasteiger partial charge in [0.2, 0.25) is 10.0 Å². The molecule has 1 aromatic carbocycles. The first-order chi connectivity index (χ1) is 12.6. The molecule has 140 valence electrons. The Labute approximate surface area is 155 Å². The second kappa shape index (κ2) is 8.62. The first kappa shape index (κ1) is 18.8. The molecule has 1 aliphatic rings. The fraction of sp³-hybridized carbons (Fsp3) is 0.421. The highest BCUT2D eigenvalue weighted by molar-refractivity contribution is 7.89. The summed E-state index contributed by atoms with van der Waals surface area (Å²) in [6, 6.07) is 10.5. The van der Waals surface area contributed by atoms with Crippen LogP contribution >= 0.6 is 0 Å². The van der Waals surface area contributed by atoms with Crippen LogP contribution in [0, 0.1) is 5.92 Å². The molecule has 1 N–H and O–H groups in total. The monoisotopic (exact) mass is 375 g/mol. The van der Waals surface area contributed by atoms with Crippen LogP contribution in [0.4, 0.5) is 0 Å². The first-order valence-corrected chi connectivity index (χ1v) is 10.3. The van der Waals surface area contributed by atoms with Gasteiger partial charge in [-0.3, -0.25) is 9.88 Å². The summed E-state index contributed by atoms with van der Waals surface area (Å²) in [5.41, 5.74) is 1.21. The number of nitrogens with one attached hydrogen (secondary N) is 1. The minimum Gasteiger partial charge on any atom is -0.497 e.